The van der Waals surface area contributed by atoms with Crippen molar-refractivity contribution >= 4 is 45.2 Å². The highest BCUT2D eigenvalue weighted by Gasteiger charge is 2.24. The summed E-state index contributed by atoms with van der Waals surface area (Å²) in [6.45, 7) is 0. The number of anilines is 1. The number of carbonyl (C=O) groups is 1. The van der Waals surface area contributed by atoms with Crippen molar-refractivity contribution in [2.75, 3.05) is 5.73 Å². The third kappa shape index (κ3) is 1.86. The van der Waals surface area contributed by atoms with E-state index in [0.717, 1.165) is 27.6 Å². The first-order valence-corrected chi connectivity index (χ1v) is 6.90. The smallest absolute Gasteiger partial charge is 0.164 e. The highest BCUT2D eigenvalue weighted by atomic mass is 127. The van der Waals surface area contributed by atoms with E-state index in [4.69, 9.17) is 5.73 Å². The number of hydrogen-bond acceptors (Lipinski definition) is 5. The fourth-order valence-corrected chi connectivity index (χ4v) is 3.13. The van der Waals surface area contributed by atoms with E-state index >= 15 is 0 Å². The van der Waals surface area contributed by atoms with Crippen molar-refractivity contribution in [3.63, 3.8) is 0 Å². The van der Waals surface area contributed by atoms with Gasteiger partial charge in [-0.2, -0.15) is 5.10 Å². The number of nitrogens with two attached hydrogens (primary N) is 1. The summed E-state index contributed by atoms with van der Waals surface area (Å²) in [6.07, 6.45) is 4.37. The van der Waals surface area contributed by atoms with Gasteiger partial charge < -0.3 is 5.73 Å². The molecule has 94 valence electrons. The predicted octanol–water partition coefficient (Wildman–Crippen LogP) is 1.70. The maximum atomic E-state index is 11.3. The monoisotopic (exact) mass is 357 g/mol. The molecule has 1 aliphatic carbocycles. The fourth-order valence-electron chi connectivity index (χ4n) is 2.38. The predicted molar refractivity (Wildman–Crippen MR) is 75.0 cm³/mol. The summed E-state index contributed by atoms with van der Waals surface area (Å²) in [5, 5.41) is 5.32. The molecule has 1 saturated carbocycles. The zero-order valence-corrected chi connectivity index (χ0v) is 11.8. The zero-order valence-electron chi connectivity index (χ0n) is 9.64. The molecule has 0 radical (unpaired) electrons. The maximum absolute atomic E-state index is 11.3. The molecule has 6 nitrogen and oxygen atoms in total. The molecule has 2 aromatic heterocycles. The Morgan fingerprint density at radius 1 is 1.33 bits per heavy atom. The van der Waals surface area contributed by atoms with Crippen LogP contribution >= 0.6 is 22.6 Å². The molecule has 0 saturated heterocycles. The molecule has 0 unspecified atom stereocenters. The van der Waals surface area contributed by atoms with Gasteiger partial charge in [0.1, 0.15) is 21.6 Å². The highest BCUT2D eigenvalue weighted by Crippen LogP contribution is 2.31. The van der Waals surface area contributed by atoms with Gasteiger partial charge in [-0.15, -0.1) is 0 Å². The molecule has 0 atom stereocenters. The van der Waals surface area contributed by atoms with Crippen LogP contribution in [0.25, 0.3) is 11.0 Å². The quantitative estimate of drug-likeness (QED) is 0.785. The first-order chi connectivity index (χ1) is 8.66. The average Bonchev–Trinajstić information content (AvgIpc) is 2.69. The molecule has 0 bridgehead atoms. The van der Waals surface area contributed by atoms with E-state index in [1.165, 1.54) is 6.33 Å². The van der Waals surface area contributed by atoms with Gasteiger partial charge in [-0.25, -0.2) is 14.6 Å². The number of halogens is 1. The van der Waals surface area contributed by atoms with Crippen LogP contribution in [0.1, 0.15) is 31.7 Å². The first kappa shape index (κ1) is 11.8. The van der Waals surface area contributed by atoms with Crippen molar-refractivity contribution in [1.82, 2.24) is 19.7 Å². The van der Waals surface area contributed by atoms with E-state index in [0.29, 0.717) is 24.4 Å². The molecule has 0 aromatic carbocycles. The summed E-state index contributed by atoms with van der Waals surface area (Å²) >= 11 is 2.15. The zero-order chi connectivity index (χ0) is 12.7. The lowest BCUT2D eigenvalue weighted by Gasteiger charge is -2.21. The summed E-state index contributed by atoms with van der Waals surface area (Å²) in [5.41, 5.74) is 6.63. The van der Waals surface area contributed by atoms with Crippen molar-refractivity contribution in [3.05, 3.63) is 10.0 Å². The van der Waals surface area contributed by atoms with E-state index in [-0.39, 0.29) is 6.04 Å². The van der Waals surface area contributed by atoms with Gasteiger partial charge in [-0.3, -0.25) is 4.79 Å². The highest BCUT2D eigenvalue weighted by molar-refractivity contribution is 14.1. The number of rotatable bonds is 1. The van der Waals surface area contributed by atoms with Gasteiger partial charge in [0.2, 0.25) is 0 Å². The number of fused-ring (bicyclic) bond motifs is 1. The van der Waals surface area contributed by atoms with Gasteiger partial charge in [-0.05, 0) is 35.4 Å². The molecule has 2 aromatic rings. The summed E-state index contributed by atoms with van der Waals surface area (Å²) < 4.78 is 2.72. The van der Waals surface area contributed by atoms with Crippen molar-refractivity contribution < 1.29 is 4.79 Å². The van der Waals surface area contributed by atoms with Crippen LogP contribution < -0.4 is 5.73 Å². The lowest BCUT2D eigenvalue weighted by molar-refractivity contribution is -0.120. The SMILES string of the molecule is Nc1ncnc2c1c(I)nn2C1CCC(=O)CC1. The Morgan fingerprint density at radius 2 is 2.06 bits per heavy atom. The minimum absolute atomic E-state index is 0.239. The van der Waals surface area contributed by atoms with Crippen LogP contribution in [0.4, 0.5) is 5.82 Å². The molecule has 0 amide bonds. The Labute approximate surface area is 117 Å². The molecule has 1 fully saturated rings. The fraction of sp³-hybridized carbons (Fsp3) is 0.455. The number of aromatic nitrogens is 4. The number of nitrogens with zero attached hydrogens (tertiary/aromatic N) is 4. The Balaban J connectivity index is 2.07. The second-order valence-electron chi connectivity index (χ2n) is 4.46. The molecule has 18 heavy (non-hydrogen) atoms. The minimum Gasteiger partial charge on any atom is -0.383 e. The second kappa shape index (κ2) is 4.45. The van der Waals surface area contributed by atoms with Crippen LogP contribution in [-0.2, 0) is 4.79 Å². The standard InChI is InChI=1S/C11H12IN5O/c12-9-8-10(13)14-5-15-11(8)17(16-9)6-1-3-7(18)4-2-6/h5-6H,1-4H2,(H2,13,14,15). The molecule has 2 N–H and O–H groups in total. The van der Waals surface area contributed by atoms with Gasteiger partial charge in [0, 0.05) is 12.8 Å². The lowest BCUT2D eigenvalue weighted by atomic mass is 9.94. The number of nitrogen functional groups attached to an aromatic ring is 1. The third-order valence-electron chi connectivity index (χ3n) is 3.33. The molecule has 0 spiro atoms. The van der Waals surface area contributed by atoms with E-state index in [9.17, 15) is 4.79 Å². The topological polar surface area (TPSA) is 86.7 Å². The van der Waals surface area contributed by atoms with E-state index in [1.54, 1.807) is 0 Å². The molecular formula is C11H12IN5O. The van der Waals surface area contributed by atoms with E-state index in [1.807, 2.05) is 4.68 Å². The van der Waals surface area contributed by atoms with Crippen LogP contribution in [0.15, 0.2) is 6.33 Å². The van der Waals surface area contributed by atoms with Gasteiger partial charge in [0.05, 0.1) is 11.4 Å². The first-order valence-electron chi connectivity index (χ1n) is 5.82. The minimum atomic E-state index is 0.239. The molecule has 2 heterocycles. The Kier molecular flexibility index (Phi) is 2.92. The normalized spacial score (nSPS) is 17.5. The molecular weight excluding hydrogens is 345 g/mol. The largest absolute Gasteiger partial charge is 0.383 e. The summed E-state index contributed by atoms with van der Waals surface area (Å²) in [7, 11) is 0. The summed E-state index contributed by atoms with van der Waals surface area (Å²) in [5.74, 6) is 0.800. The second-order valence-corrected chi connectivity index (χ2v) is 5.48. The molecule has 7 heteroatoms. The van der Waals surface area contributed by atoms with Crippen molar-refractivity contribution in [2.24, 2.45) is 0 Å². The maximum Gasteiger partial charge on any atom is 0.164 e. The molecule has 0 aliphatic heterocycles. The van der Waals surface area contributed by atoms with Gasteiger partial charge in [0.15, 0.2) is 5.65 Å². The Bertz CT molecular complexity index is 613. The van der Waals surface area contributed by atoms with Crippen molar-refractivity contribution in [1.29, 1.82) is 0 Å². The molecule has 3 rings (SSSR count). The van der Waals surface area contributed by atoms with Crippen molar-refractivity contribution in [3.8, 4) is 0 Å². The summed E-state index contributed by atoms with van der Waals surface area (Å²) in [6, 6.07) is 0.239. The van der Waals surface area contributed by atoms with Crippen LogP contribution in [0.5, 0.6) is 0 Å². The van der Waals surface area contributed by atoms with Gasteiger partial charge in [-0.1, -0.05) is 0 Å². The van der Waals surface area contributed by atoms with Crippen LogP contribution in [0.2, 0.25) is 0 Å². The Morgan fingerprint density at radius 3 is 2.78 bits per heavy atom. The van der Waals surface area contributed by atoms with Gasteiger partial charge in [0.25, 0.3) is 0 Å². The Hall–Kier alpha value is -1.25. The van der Waals surface area contributed by atoms with Crippen LogP contribution in [-0.4, -0.2) is 25.5 Å². The van der Waals surface area contributed by atoms with Gasteiger partial charge >= 0.3 is 0 Å². The van der Waals surface area contributed by atoms with Crippen LogP contribution in [0.3, 0.4) is 0 Å². The average molecular weight is 357 g/mol. The molecule has 1 aliphatic rings. The number of carbonyl (C=O) groups excluding carboxylic acids is 1. The third-order valence-corrected chi connectivity index (χ3v) is 4.09. The summed E-state index contributed by atoms with van der Waals surface area (Å²) in [4.78, 5) is 19.6. The number of Topliss-reactive ketones (excluding diaryl/α,β-unsaturated/α-hetero) is 1. The number of hydrogen-bond donors (Lipinski definition) is 1. The van der Waals surface area contributed by atoms with Crippen molar-refractivity contribution in [2.45, 2.75) is 31.7 Å². The number of ketones is 1. The lowest BCUT2D eigenvalue weighted by Crippen LogP contribution is -2.19. The van der Waals surface area contributed by atoms with E-state index in [2.05, 4.69) is 37.7 Å². The van der Waals surface area contributed by atoms with E-state index < -0.39 is 0 Å². The van der Waals surface area contributed by atoms with Crippen LogP contribution in [0, 0.1) is 3.70 Å².